The van der Waals surface area contributed by atoms with E-state index in [1.165, 1.54) is 18.4 Å². The van der Waals surface area contributed by atoms with E-state index in [4.69, 9.17) is 4.74 Å². The summed E-state index contributed by atoms with van der Waals surface area (Å²) >= 11 is 1.34. The second-order valence-electron chi connectivity index (χ2n) is 4.94. The van der Waals surface area contributed by atoms with Gasteiger partial charge in [-0.3, -0.25) is 4.68 Å². The van der Waals surface area contributed by atoms with Crippen molar-refractivity contribution in [1.29, 1.82) is 0 Å². The average Bonchev–Trinajstić information content (AvgIpc) is 3.09. The first-order valence-electron chi connectivity index (χ1n) is 6.83. The number of nitrogens with zero attached hydrogens (tertiary/aromatic N) is 2. The van der Waals surface area contributed by atoms with E-state index in [1.807, 2.05) is 14.0 Å². The molecule has 0 saturated carbocycles. The first-order valence-corrected chi connectivity index (χ1v) is 7.65. The SMILES string of the molecule is COC(=O)c1ccc(OC(=O)c2cc3c(C)nn(C)c3s2)cc1. The van der Waals surface area contributed by atoms with Gasteiger partial charge in [-0.05, 0) is 37.3 Å². The van der Waals surface area contributed by atoms with E-state index in [0.717, 1.165) is 15.9 Å². The Hall–Kier alpha value is -2.67. The van der Waals surface area contributed by atoms with E-state index < -0.39 is 11.9 Å². The van der Waals surface area contributed by atoms with Gasteiger partial charge in [-0.25, -0.2) is 9.59 Å². The molecule has 0 saturated heterocycles. The molecule has 0 aliphatic carbocycles. The Balaban J connectivity index is 1.80. The normalized spacial score (nSPS) is 10.7. The molecule has 0 amide bonds. The lowest BCUT2D eigenvalue weighted by Gasteiger charge is -2.03. The van der Waals surface area contributed by atoms with E-state index >= 15 is 0 Å². The summed E-state index contributed by atoms with van der Waals surface area (Å²) in [6.45, 7) is 1.90. The molecule has 118 valence electrons. The number of methoxy groups -OCH3 is 1. The maximum atomic E-state index is 12.2. The van der Waals surface area contributed by atoms with E-state index in [1.54, 1.807) is 35.0 Å². The molecule has 0 radical (unpaired) electrons. The first kappa shape index (κ1) is 15.2. The number of benzene rings is 1. The molecule has 0 N–H and O–H groups in total. The predicted octanol–water partition coefficient (Wildman–Crippen LogP) is 2.95. The molecule has 2 aromatic heterocycles. The van der Waals surface area contributed by atoms with Crippen LogP contribution in [0.4, 0.5) is 0 Å². The van der Waals surface area contributed by atoms with Gasteiger partial charge in [0.2, 0.25) is 0 Å². The first-order chi connectivity index (χ1) is 11.0. The van der Waals surface area contributed by atoms with E-state index in [9.17, 15) is 9.59 Å². The van der Waals surface area contributed by atoms with Crippen molar-refractivity contribution < 1.29 is 19.1 Å². The Morgan fingerprint density at radius 3 is 2.48 bits per heavy atom. The van der Waals surface area contributed by atoms with Crippen LogP contribution in [0.1, 0.15) is 25.7 Å². The fourth-order valence-electron chi connectivity index (χ4n) is 2.24. The third-order valence-electron chi connectivity index (χ3n) is 3.38. The van der Waals surface area contributed by atoms with Crippen LogP contribution in [0.25, 0.3) is 10.2 Å². The fraction of sp³-hybridized carbons (Fsp3) is 0.188. The van der Waals surface area contributed by atoms with Crippen molar-refractivity contribution in [3.63, 3.8) is 0 Å². The number of aromatic nitrogens is 2. The molecule has 0 aliphatic rings. The summed E-state index contributed by atoms with van der Waals surface area (Å²) in [7, 11) is 3.15. The number of hydrogen-bond acceptors (Lipinski definition) is 6. The highest BCUT2D eigenvalue weighted by Gasteiger charge is 2.17. The van der Waals surface area contributed by atoms with Crippen LogP contribution in [0.3, 0.4) is 0 Å². The third kappa shape index (κ3) is 2.83. The molecule has 0 bridgehead atoms. The topological polar surface area (TPSA) is 70.4 Å². The Morgan fingerprint density at radius 2 is 1.87 bits per heavy atom. The second-order valence-corrected chi connectivity index (χ2v) is 5.97. The fourth-order valence-corrected chi connectivity index (χ4v) is 3.24. The number of carbonyl (C=O) groups excluding carboxylic acids is 2. The maximum Gasteiger partial charge on any atom is 0.353 e. The monoisotopic (exact) mass is 330 g/mol. The number of aryl methyl sites for hydroxylation is 2. The summed E-state index contributed by atoms with van der Waals surface area (Å²) in [6.07, 6.45) is 0. The van der Waals surface area contributed by atoms with Gasteiger partial charge in [-0.15, -0.1) is 11.3 Å². The van der Waals surface area contributed by atoms with Crippen LogP contribution in [0, 0.1) is 6.92 Å². The van der Waals surface area contributed by atoms with Gasteiger partial charge >= 0.3 is 11.9 Å². The zero-order valence-electron chi connectivity index (χ0n) is 12.8. The molecule has 0 spiro atoms. The lowest BCUT2D eigenvalue weighted by Crippen LogP contribution is -2.07. The zero-order chi connectivity index (χ0) is 16.6. The van der Waals surface area contributed by atoms with Gasteiger partial charge in [0.1, 0.15) is 15.5 Å². The molecule has 0 aliphatic heterocycles. The number of hydrogen-bond donors (Lipinski definition) is 0. The highest BCUT2D eigenvalue weighted by atomic mass is 32.1. The van der Waals surface area contributed by atoms with Gasteiger partial charge in [0.15, 0.2) is 0 Å². The smallest absolute Gasteiger partial charge is 0.353 e. The predicted molar refractivity (Wildman–Crippen MR) is 86.1 cm³/mol. The van der Waals surface area contributed by atoms with Crippen molar-refractivity contribution in [2.45, 2.75) is 6.92 Å². The van der Waals surface area contributed by atoms with E-state index in [2.05, 4.69) is 9.84 Å². The molecule has 23 heavy (non-hydrogen) atoms. The second kappa shape index (κ2) is 5.85. The molecule has 6 nitrogen and oxygen atoms in total. The summed E-state index contributed by atoms with van der Waals surface area (Å²) in [5.74, 6) is -0.498. The van der Waals surface area contributed by atoms with Crippen molar-refractivity contribution in [2.24, 2.45) is 7.05 Å². The number of ether oxygens (including phenoxy) is 2. The zero-order valence-corrected chi connectivity index (χ0v) is 13.6. The highest BCUT2D eigenvalue weighted by molar-refractivity contribution is 7.20. The van der Waals surface area contributed by atoms with Gasteiger partial charge in [0.25, 0.3) is 0 Å². The van der Waals surface area contributed by atoms with Crippen LogP contribution in [0.2, 0.25) is 0 Å². The van der Waals surface area contributed by atoms with Crippen molar-refractivity contribution in [3.8, 4) is 5.75 Å². The van der Waals surface area contributed by atoms with E-state index in [0.29, 0.717) is 16.2 Å². The van der Waals surface area contributed by atoms with E-state index in [-0.39, 0.29) is 0 Å². The average molecular weight is 330 g/mol. The molecule has 1 aromatic carbocycles. The number of carbonyl (C=O) groups is 2. The lowest BCUT2D eigenvalue weighted by molar-refractivity contribution is 0.0600. The summed E-state index contributed by atoms with van der Waals surface area (Å²) in [6, 6.07) is 8.00. The Labute approximate surface area is 136 Å². The minimum absolute atomic E-state index is 0.370. The van der Waals surface area contributed by atoms with Crippen LogP contribution in [0.5, 0.6) is 5.75 Å². The van der Waals surface area contributed by atoms with Gasteiger partial charge < -0.3 is 9.47 Å². The summed E-state index contributed by atoms with van der Waals surface area (Å²) in [4.78, 5) is 25.0. The van der Waals surface area contributed by atoms with Crippen LogP contribution < -0.4 is 4.74 Å². The summed E-state index contributed by atoms with van der Waals surface area (Å²) in [5, 5.41) is 5.25. The Morgan fingerprint density at radius 1 is 1.17 bits per heavy atom. The Bertz CT molecular complexity index is 858. The van der Waals surface area contributed by atoms with Gasteiger partial charge in [-0.2, -0.15) is 5.10 Å². The molecular formula is C16H14N2O4S. The van der Waals surface area contributed by atoms with Crippen molar-refractivity contribution in [2.75, 3.05) is 7.11 Å². The highest BCUT2D eigenvalue weighted by Crippen LogP contribution is 2.28. The molecule has 0 fully saturated rings. The lowest BCUT2D eigenvalue weighted by atomic mass is 10.2. The minimum Gasteiger partial charge on any atom is -0.465 e. The molecule has 0 atom stereocenters. The van der Waals surface area contributed by atoms with Crippen LogP contribution in [0.15, 0.2) is 30.3 Å². The number of rotatable bonds is 3. The van der Waals surface area contributed by atoms with Crippen LogP contribution >= 0.6 is 11.3 Å². The van der Waals surface area contributed by atoms with Gasteiger partial charge in [0, 0.05) is 12.4 Å². The Kier molecular flexibility index (Phi) is 3.87. The number of fused-ring (bicyclic) bond motifs is 1. The molecule has 0 unspecified atom stereocenters. The molecule has 3 rings (SSSR count). The van der Waals surface area contributed by atoms with Crippen LogP contribution in [-0.4, -0.2) is 28.8 Å². The van der Waals surface area contributed by atoms with Crippen molar-refractivity contribution >= 4 is 33.5 Å². The molecule has 2 heterocycles. The van der Waals surface area contributed by atoms with Crippen LogP contribution in [-0.2, 0) is 11.8 Å². The summed E-state index contributed by atoms with van der Waals surface area (Å²) < 4.78 is 11.7. The number of thiophene rings is 1. The van der Waals surface area contributed by atoms with Crippen molar-refractivity contribution in [3.05, 3.63) is 46.5 Å². The third-order valence-corrected chi connectivity index (χ3v) is 4.57. The molecule has 3 aromatic rings. The number of esters is 2. The van der Waals surface area contributed by atoms with Gasteiger partial charge in [-0.1, -0.05) is 0 Å². The maximum absolute atomic E-state index is 12.2. The van der Waals surface area contributed by atoms with Gasteiger partial charge in [0.05, 0.1) is 18.4 Å². The molecule has 7 heteroatoms. The largest absolute Gasteiger partial charge is 0.465 e. The summed E-state index contributed by atoms with van der Waals surface area (Å²) in [5.41, 5.74) is 1.27. The molecular weight excluding hydrogens is 316 g/mol. The quantitative estimate of drug-likeness (QED) is 0.545. The van der Waals surface area contributed by atoms with Crippen molar-refractivity contribution in [1.82, 2.24) is 9.78 Å². The minimum atomic E-state index is -0.435. The standard InChI is InChI=1S/C16H14N2O4S/c1-9-12-8-13(23-14(12)18(2)17-9)16(20)22-11-6-4-10(5-7-11)15(19)21-3/h4-8H,1-3H3.